The standard InChI is InChI=1S/C17H27N3O.HI/c1-3-4-12-21-16-9-7-8-15(13-16)14-19-17(18-2)20-10-5-6-11-20;/h7-9,13H,3-6,10-12,14H2,1-2H3,(H,18,19);1H. The average Bonchev–Trinajstić information content (AvgIpc) is 3.03. The topological polar surface area (TPSA) is 36.9 Å². The van der Waals surface area contributed by atoms with Gasteiger partial charge in [0, 0.05) is 26.7 Å². The molecule has 124 valence electrons. The highest BCUT2D eigenvalue weighted by atomic mass is 127. The van der Waals surface area contributed by atoms with Gasteiger partial charge >= 0.3 is 0 Å². The van der Waals surface area contributed by atoms with Crippen molar-refractivity contribution in [3.63, 3.8) is 0 Å². The lowest BCUT2D eigenvalue weighted by Gasteiger charge is -2.21. The van der Waals surface area contributed by atoms with Crippen molar-refractivity contribution in [1.82, 2.24) is 10.2 Å². The quantitative estimate of drug-likeness (QED) is 0.332. The molecule has 1 saturated heterocycles. The van der Waals surface area contributed by atoms with Gasteiger partial charge in [-0.05, 0) is 37.0 Å². The number of halogens is 1. The zero-order valence-electron chi connectivity index (χ0n) is 13.7. The van der Waals surface area contributed by atoms with Crippen LogP contribution >= 0.6 is 24.0 Å². The molecule has 0 bridgehead atoms. The number of nitrogens with one attached hydrogen (secondary N) is 1. The van der Waals surface area contributed by atoms with Crippen molar-refractivity contribution in [2.75, 3.05) is 26.7 Å². The molecular formula is C17H28IN3O. The first kappa shape index (κ1) is 19.1. The van der Waals surface area contributed by atoms with Crippen molar-refractivity contribution in [2.45, 2.75) is 39.2 Å². The summed E-state index contributed by atoms with van der Waals surface area (Å²) >= 11 is 0. The van der Waals surface area contributed by atoms with E-state index in [1.54, 1.807) is 0 Å². The zero-order chi connectivity index (χ0) is 14.9. The SMILES string of the molecule is CCCCOc1cccc(CNC(=NC)N2CCCC2)c1.I. The summed E-state index contributed by atoms with van der Waals surface area (Å²) in [5.74, 6) is 1.96. The van der Waals surface area contributed by atoms with Crippen LogP contribution in [0.15, 0.2) is 29.3 Å². The molecule has 0 saturated carbocycles. The molecule has 0 atom stereocenters. The van der Waals surface area contributed by atoms with Crippen molar-refractivity contribution < 1.29 is 4.74 Å². The molecule has 0 radical (unpaired) electrons. The second kappa shape index (κ2) is 10.7. The number of ether oxygens (including phenoxy) is 1. The highest BCUT2D eigenvalue weighted by Crippen LogP contribution is 2.14. The molecule has 1 aliphatic heterocycles. The summed E-state index contributed by atoms with van der Waals surface area (Å²) in [7, 11) is 1.85. The molecule has 1 N–H and O–H groups in total. The largest absolute Gasteiger partial charge is 0.494 e. The number of likely N-dealkylation sites (tertiary alicyclic amines) is 1. The predicted octanol–water partition coefficient (Wildman–Crippen LogP) is 3.65. The van der Waals surface area contributed by atoms with Crippen LogP contribution in [0, 0.1) is 0 Å². The van der Waals surface area contributed by atoms with E-state index in [1.807, 2.05) is 13.1 Å². The summed E-state index contributed by atoms with van der Waals surface area (Å²) in [6.45, 7) is 5.98. The summed E-state index contributed by atoms with van der Waals surface area (Å²) in [5, 5.41) is 3.44. The molecule has 1 aromatic carbocycles. The smallest absolute Gasteiger partial charge is 0.193 e. The molecule has 4 nitrogen and oxygen atoms in total. The Bertz CT molecular complexity index is 459. The lowest BCUT2D eigenvalue weighted by atomic mass is 10.2. The predicted molar refractivity (Wildman–Crippen MR) is 103 cm³/mol. The first-order chi connectivity index (χ1) is 10.3. The number of hydrogen-bond acceptors (Lipinski definition) is 2. The first-order valence-electron chi connectivity index (χ1n) is 8.01. The second-order valence-corrected chi connectivity index (χ2v) is 5.44. The monoisotopic (exact) mass is 417 g/mol. The lowest BCUT2D eigenvalue weighted by Crippen LogP contribution is -2.39. The van der Waals surface area contributed by atoms with Gasteiger partial charge in [0.25, 0.3) is 0 Å². The molecule has 0 amide bonds. The Morgan fingerprint density at radius 1 is 1.32 bits per heavy atom. The molecule has 2 rings (SSSR count). The van der Waals surface area contributed by atoms with Crippen LogP contribution in [0.1, 0.15) is 38.2 Å². The summed E-state index contributed by atoms with van der Waals surface area (Å²) in [6.07, 6.45) is 4.79. The lowest BCUT2D eigenvalue weighted by molar-refractivity contribution is 0.309. The summed E-state index contributed by atoms with van der Waals surface area (Å²) in [6, 6.07) is 8.31. The third-order valence-electron chi connectivity index (χ3n) is 3.73. The normalized spacial score (nSPS) is 14.6. The maximum atomic E-state index is 5.75. The molecule has 0 unspecified atom stereocenters. The van der Waals surface area contributed by atoms with E-state index >= 15 is 0 Å². The van der Waals surface area contributed by atoms with Gasteiger partial charge in [-0.1, -0.05) is 25.5 Å². The van der Waals surface area contributed by atoms with Gasteiger partial charge in [0.2, 0.25) is 0 Å². The Hall–Kier alpha value is -0.980. The minimum Gasteiger partial charge on any atom is -0.494 e. The van der Waals surface area contributed by atoms with Gasteiger partial charge in [-0.2, -0.15) is 0 Å². The third-order valence-corrected chi connectivity index (χ3v) is 3.73. The van der Waals surface area contributed by atoms with E-state index in [-0.39, 0.29) is 24.0 Å². The van der Waals surface area contributed by atoms with E-state index in [4.69, 9.17) is 4.74 Å². The van der Waals surface area contributed by atoms with E-state index in [9.17, 15) is 0 Å². The Labute approximate surface area is 151 Å². The van der Waals surface area contributed by atoms with E-state index in [1.165, 1.54) is 18.4 Å². The number of aliphatic imine (C=N–C) groups is 1. The fourth-order valence-electron chi connectivity index (χ4n) is 2.52. The molecule has 1 fully saturated rings. The van der Waals surface area contributed by atoms with Gasteiger partial charge in [-0.3, -0.25) is 4.99 Å². The summed E-state index contributed by atoms with van der Waals surface area (Å²) in [4.78, 5) is 6.69. The summed E-state index contributed by atoms with van der Waals surface area (Å²) < 4.78 is 5.75. The number of rotatable bonds is 6. The van der Waals surface area contributed by atoms with Gasteiger partial charge in [0.1, 0.15) is 5.75 Å². The van der Waals surface area contributed by atoms with Crippen molar-refractivity contribution in [3.05, 3.63) is 29.8 Å². The van der Waals surface area contributed by atoms with E-state index in [0.29, 0.717) is 0 Å². The highest BCUT2D eigenvalue weighted by molar-refractivity contribution is 14.0. The maximum Gasteiger partial charge on any atom is 0.193 e. The molecule has 1 aliphatic rings. The van der Waals surface area contributed by atoms with Gasteiger partial charge in [-0.15, -0.1) is 24.0 Å². The number of hydrogen-bond donors (Lipinski definition) is 1. The fraction of sp³-hybridized carbons (Fsp3) is 0.588. The summed E-state index contributed by atoms with van der Waals surface area (Å²) in [5.41, 5.74) is 1.23. The Balaban J connectivity index is 0.00000242. The van der Waals surface area contributed by atoms with Crippen LogP contribution in [-0.2, 0) is 6.54 Å². The number of nitrogens with zero attached hydrogens (tertiary/aromatic N) is 2. The van der Waals surface area contributed by atoms with Gasteiger partial charge in [-0.25, -0.2) is 0 Å². The van der Waals surface area contributed by atoms with Crippen LogP contribution in [-0.4, -0.2) is 37.6 Å². The highest BCUT2D eigenvalue weighted by Gasteiger charge is 2.15. The minimum absolute atomic E-state index is 0. The molecule has 5 heteroatoms. The first-order valence-corrected chi connectivity index (χ1v) is 8.01. The minimum atomic E-state index is 0. The fourth-order valence-corrected chi connectivity index (χ4v) is 2.52. The van der Waals surface area contributed by atoms with Crippen LogP contribution in [0.3, 0.4) is 0 Å². The van der Waals surface area contributed by atoms with Crippen molar-refractivity contribution >= 4 is 29.9 Å². The van der Waals surface area contributed by atoms with Gasteiger partial charge in [0.15, 0.2) is 5.96 Å². The van der Waals surface area contributed by atoms with E-state index in [2.05, 4.69) is 40.3 Å². The molecule has 22 heavy (non-hydrogen) atoms. The Morgan fingerprint density at radius 2 is 2.09 bits per heavy atom. The van der Waals surface area contributed by atoms with Gasteiger partial charge < -0.3 is 15.0 Å². The van der Waals surface area contributed by atoms with E-state index in [0.717, 1.165) is 50.8 Å². The van der Waals surface area contributed by atoms with Crippen LogP contribution in [0.25, 0.3) is 0 Å². The number of unbranched alkanes of at least 4 members (excludes halogenated alkanes) is 1. The van der Waals surface area contributed by atoms with Gasteiger partial charge in [0.05, 0.1) is 6.61 Å². The van der Waals surface area contributed by atoms with Crippen molar-refractivity contribution in [1.29, 1.82) is 0 Å². The molecule has 0 aromatic heterocycles. The molecule has 0 spiro atoms. The molecular weight excluding hydrogens is 389 g/mol. The van der Waals surface area contributed by atoms with E-state index < -0.39 is 0 Å². The molecule has 1 aromatic rings. The van der Waals surface area contributed by atoms with Crippen molar-refractivity contribution in [3.8, 4) is 5.75 Å². The number of guanidine groups is 1. The third kappa shape index (κ3) is 6.02. The average molecular weight is 417 g/mol. The zero-order valence-corrected chi connectivity index (χ0v) is 16.0. The Morgan fingerprint density at radius 3 is 2.77 bits per heavy atom. The van der Waals surface area contributed by atoms with Crippen LogP contribution in [0.5, 0.6) is 5.75 Å². The van der Waals surface area contributed by atoms with Crippen LogP contribution in [0.2, 0.25) is 0 Å². The van der Waals surface area contributed by atoms with Crippen molar-refractivity contribution in [2.24, 2.45) is 4.99 Å². The molecule has 0 aliphatic carbocycles. The molecule has 1 heterocycles. The number of benzene rings is 1. The van der Waals surface area contributed by atoms with Crippen LogP contribution < -0.4 is 10.1 Å². The maximum absolute atomic E-state index is 5.75. The Kier molecular flexibility index (Phi) is 9.27. The van der Waals surface area contributed by atoms with Crippen LogP contribution in [0.4, 0.5) is 0 Å². The second-order valence-electron chi connectivity index (χ2n) is 5.44.